The lowest BCUT2D eigenvalue weighted by Gasteiger charge is -2.22. The fourth-order valence-corrected chi connectivity index (χ4v) is 3.79. The summed E-state index contributed by atoms with van der Waals surface area (Å²) < 4.78 is 27.2. The highest BCUT2D eigenvalue weighted by Gasteiger charge is 2.20. The van der Waals surface area contributed by atoms with E-state index in [0.29, 0.717) is 6.26 Å². The van der Waals surface area contributed by atoms with Gasteiger partial charge in [0.05, 0.1) is 10.1 Å². The van der Waals surface area contributed by atoms with Gasteiger partial charge in [0, 0.05) is 27.6 Å². The van der Waals surface area contributed by atoms with E-state index in [2.05, 4.69) is 61.5 Å². The molecule has 1 aliphatic rings. The van der Waals surface area contributed by atoms with Gasteiger partial charge in [-0.15, -0.1) is 0 Å². The second kappa shape index (κ2) is 9.06. The molecule has 0 fully saturated rings. The molecule has 140 valence electrons. The third-order valence-corrected chi connectivity index (χ3v) is 4.94. The molecule has 0 spiro atoms. The Kier molecular flexibility index (Phi) is 7.32. The molecular weight excluding hydrogens is 390 g/mol. The van der Waals surface area contributed by atoms with Crippen molar-refractivity contribution in [1.82, 2.24) is 4.90 Å². The molecule has 0 radical (unpaired) electrons. The van der Waals surface area contributed by atoms with Crippen LogP contribution in [0.15, 0.2) is 58.3 Å². The van der Waals surface area contributed by atoms with Gasteiger partial charge in [0.15, 0.2) is 0 Å². The van der Waals surface area contributed by atoms with Crippen molar-refractivity contribution < 1.29 is 13.0 Å². The third-order valence-electron chi connectivity index (χ3n) is 3.55. The predicted octanol–water partition coefficient (Wildman–Crippen LogP) is 4.35. The zero-order valence-corrected chi connectivity index (χ0v) is 17.3. The number of hydrogen-bond acceptors (Lipinski definition) is 5. The van der Waals surface area contributed by atoms with E-state index in [9.17, 15) is 0 Å². The van der Waals surface area contributed by atoms with Crippen molar-refractivity contribution in [3.05, 3.63) is 64.7 Å². The van der Waals surface area contributed by atoms with Crippen molar-refractivity contribution in [3.8, 4) is 0 Å². The standard InChI is InChI=1S/C18H18ClNS.CH4O3S/c1-20(2)11-5-7-14-15-6-3-4-8-17(15)21-18-10-9-13(19)12-16(14)18;1-5(2,3)4/h3-4,6-10,12H,5,11H2,1-2H3;1H3,(H,2,3,4)/p-1/b14-7-;. The summed E-state index contributed by atoms with van der Waals surface area (Å²) >= 11 is 8.03. The number of fused-ring (bicyclic) bond motifs is 2. The molecule has 0 atom stereocenters. The van der Waals surface area contributed by atoms with Gasteiger partial charge in [0.25, 0.3) is 0 Å². The van der Waals surface area contributed by atoms with E-state index in [1.54, 1.807) is 0 Å². The molecule has 26 heavy (non-hydrogen) atoms. The van der Waals surface area contributed by atoms with Gasteiger partial charge in [-0.2, -0.15) is 0 Å². The Bertz CT molecular complexity index is 901. The molecule has 1 aliphatic heterocycles. The Morgan fingerprint density at radius 3 is 2.38 bits per heavy atom. The first-order chi connectivity index (χ1) is 12.1. The van der Waals surface area contributed by atoms with Gasteiger partial charge >= 0.3 is 0 Å². The summed E-state index contributed by atoms with van der Waals surface area (Å²) in [6.45, 7) is 1.05. The van der Waals surface area contributed by atoms with Gasteiger partial charge in [0.1, 0.15) is 0 Å². The highest BCUT2D eigenvalue weighted by Crippen LogP contribution is 2.46. The van der Waals surface area contributed by atoms with Crippen molar-refractivity contribution in [2.75, 3.05) is 26.9 Å². The Morgan fingerprint density at radius 2 is 1.73 bits per heavy atom. The molecular formula is C19H21ClNO3S2-. The van der Waals surface area contributed by atoms with E-state index in [4.69, 9.17) is 24.6 Å². The molecule has 0 unspecified atom stereocenters. The van der Waals surface area contributed by atoms with Crippen LogP contribution in [0.3, 0.4) is 0 Å². The molecule has 0 saturated carbocycles. The fraction of sp³-hybridized carbons (Fsp3) is 0.263. The van der Waals surface area contributed by atoms with Gasteiger partial charge < -0.3 is 9.45 Å². The summed E-state index contributed by atoms with van der Waals surface area (Å²) in [5, 5.41) is 0.798. The molecule has 0 amide bonds. The van der Waals surface area contributed by atoms with Crippen molar-refractivity contribution in [3.63, 3.8) is 0 Å². The number of hydrogen-bond donors (Lipinski definition) is 0. The van der Waals surface area contributed by atoms with Crippen LogP contribution in [0.25, 0.3) is 5.57 Å². The van der Waals surface area contributed by atoms with Crippen molar-refractivity contribution >= 4 is 39.1 Å². The summed E-state index contributed by atoms with van der Waals surface area (Å²) in [6.07, 6.45) is 3.98. The van der Waals surface area contributed by atoms with Crippen LogP contribution in [0.4, 0.5) is 0 Å². The molecule has 1 heterocycles. The SMILES string of the molecule is CN(C)CC/C=C1/c2ccccc2Sc2ccc(Cl)cc21.CS(=O)(=O)[O-]. The molecule has 7 heteroatoms. The second-order valence-corrected chi connectivity index (χ2v) is 9.08. The zero-order valence-electron chi connectivity index (χ0n) is 14.9. The maximum atomic E-state index is 9.08. The fourth-order valence-electron chi connectivity index (χ4n) is 2.53. The highest BCUT2D eigenvalue weighted by atomic mass is 35.5. The number of nitrogens with zero attached hydrogens (tertiary/aromatic N) is 1. The topological polar surface area (TPSA) is 60.4 Å². The van der Waals surface area contributed by atoms with Crippen molar-refractivity contribution in [1.29, 1.82) is 0 Å². The third kappa shape index (κ3) is 6.45. The minimum Gasteiger partial charge on any atom is -0.748 e. The second-order valence-electron chi connectivity index (χ2n) is 6.15. The van der Waals surface area contributed by atoms with E-state index in [0.717, 1.165) is 18.0 Å². The van der Waals surface area contributed by atoms with Crippen molar-refractivity contribution in [2.45, 2.75) is 16.2 Å². The maximum Gasteiger partial charge on any atom is 0.0916 e. The van der Waals surface area contributed by atoms with Crippen LogP contribution in [0.2, 0.25) is 5.02 Å². The van der Waals surface area contributed by atoms with E-state index >= 15 is 0 Å². The minimum atomic E-state index is -3.92. The average molecular weight is 411 g/mol. The summed E-state index contributed by atoms with van der Waals surface area (Å²) in [4.78, 5) is 4.82. The lowest BCUT2D eigenvalue weighted by Crippen LogP contribution is -2.12. The predicted molar refractivity (Wildman–Crippen MR) is 108 cm³/mol. The molecule has 2 aromatic rings. The van der Waals surface area contributed by atoms with Crippen LogP contribution in [0.1, 0.15) is 17.5 Å². The Labute approximate surface area is 164 Å². The molecule has 2 aromatic carbocycles. The van der Waals surface area contributed by atoms with E-state index in [-0.39, 0.29) is 0 Å². The van der Waals surface area contributed by atoms with Crippen LogP contribution in [0, 0.1) is 0 Å². The monoisotopic (exact) mass is 410 g/mol. The van der Waals surface area contributed by atoms with E-state index in [1.165, 1.54) is 26.5 Å². The Hall–Kier alpha value is -1.31. The molecule has 4 nitrogen and oxygen atoms in total. The first kappa shape index (κ1) is 21.0. The molecule has 0 N–H and O–H groups in total. The van der Waals surface area contributed by atoms with Crippen LogP contribution in [-0.2, 0) is 10.1 Å². The number of halogens is 1. The van der Waals surface area contributed by atoms with E-state index < -0.39 is 10.1 Å². The average Bonchev–Trinajstić information content (AvgIpc) is 2.53. The number of rotatable bonds is 3. The van der Waals surface area contributed by atoms with Gasteiger partial charge in [0.2, 0.25) is 0 Å². The lowest BCUT2D eigenvalue weighted by molar-refractivity contribution is 0.417. The normalized spacial score (nSPS) is 14.5. The molecule has 0 aromatic heterocycles. The van der Waals surface area contributed by atoms with Gasteiger partial charge in [-0.1, -0.05) is 47.6 Å². The summed E-state index contributed by atoms with van der Waals surface area (Å²) in [5.41, 5.74) is 3.88. The van der Waals surface area contributed by atoms with E-state index in [1.807, 2.05) is 17.8 Å². The maximum absolute atomic E-state index is 9.08. The Balaban J connectivity index is 0.000000431. The summed E-state index contributed by atoms with van der Waals surface area (Å²) in [6, 6.07) is 14.8. The zero-order chi connectivity index (χ0) is 19.3. The van der Waals surface area contributed by atoms with Gasteiger partial charge in [-0.05, 0) is 61.5 Å². The molecule has 3 rings (SSSR count). The first-order valence-electron chi connectivity index (χ1n) is 7.98. The van der Waals surface area contributed by atoms with Gasteiger partial charge in [-0.25, -0.2) is 8.42 Å². The van der Waals surface area contributed by atoms with Crippen LogP contribution in [0.5, 0.6) is 0 Å². The highest BCUT2D eigenvalue weighted by molar-refractivity contribution is 7.99. The number of benzene rings is 2. The minimum absolute atomic E-state index is 0.604. The smallest absolute Gasteiger partial charge is 0.0916 e. The molecule has 0 saturated heterocycles. The van der Waals surface area contributed by atoms with Crippen LogP contribution >= 0.6 is 23.4 Å². The quantitative estimate of drug-likeness (QED) is 0.600. The van der Waals surface area contributed by atoms with Crippen LogP contribution < -0.4 is 0 Å². The molecule has 0 aliphatic carbocycles. The summed E-state index contributed by atoms with van der Waals surface area (Å²) in [7, 11) is 0.294. The lowest BCUT2D eigenvalue weighted by atomic mass is 9.96. The van der Waals surface area contributed by atoms with Crippen LogP contribution in [-0.4, -0.2) is 44.8 Å². The summed E-state index contributed by atoms with van der Waals surface area (Å²) in [5.74, 6) is 0. The molecule has 0 bridgehead atoms. The first-order valence-corrected chi connectivity index (χ1v) is 11.0. The van der Waals surface area contributed by atoms with Gasteiger partial charge in [-0.3, -0.25) is 0 Å². The Morgan fingerprint density at radius 1 is 1.12 bits per heavy atom. The van der Waals surface area contributed by atoms with Crippen molar-refractivity contribution in [2.24, 2.45) is 0 Å². The largest absolute Gasteiger partial charge is 0.748 e.